The van der Waals surface area contributed by atoms with E-state index < -0.39 is 0 Å². The summed E-state index contributed by atoms with van der Waals surface area (Å²) in [5, 5.41) is 11.5. The number of nitrogens with zero attached hydrogens (tertiary/aromatic N) is 4. The number of carbonyl (C=O) groups is 1. The summed E-state index contributed by atoms with van der Waals surface area (Å²) in [7, 11) is 0. The Bertz CT molecular complexity index is 688. The van der Waals surface area contributed by atoms with Crippen LogP contribution in [0.1, 0.15) is 24.4 Å². The first kappa shape index (κ1) is 16.7. The summed E-state index contributed by atoms with van der Waals surface area (Å²) in [6.45, 7) is 4.72. The first-order valence-corrected chi connectivity index (χ1v) is 8.31. The van der Waals surface area contributed by atoms with Crippen LogP contribution >= 0.6 is 11.6 Å². The zero-order valence-electron chi connectivity index (χ0n) is 13.5. The molecule has 0 unspecified atom stereocenters. The Morgan fingerprint density at radius 3 is 2.96 bits per heavy atom. The molecule has 2 aromatic rings. The fourth-order valence-corrected chi connectivity index (χ4v) is 2.79. The van der Waals surface area contributed by atoms with E-state index in [1.807, 2.05) is 35.8 Å². The van der Waals surface area contributed by atoms with Crippen molar-refractivity contribution in [1.29, 1.82) is 0 Å². The fourth-order valence-electron chi connectivity index (χ4n) is 2.66. The van der Waals surface area contributed by atoms with E-state index in [2.05, 4.69) is 15.5 Å². The number of carbonyl (C=O) groups excluding carboxylic acids is 1. The van der Waals surface area contributed by atoms with Gasteiger partial charge in [0, 0.05) is 18.1 Å². The third-order valence-electron chi connectivity index (χ3n) is 4.03. The van der Waals surface area contributed by atoms with Crippen molar-refractivity contribution in [1.82, 2.24) is 25.0 Å². The number of halogens is 1. The molecule has 0 saturated carbocycles. The van der Waals surface area contributed by atoms with Gasteiger partial charge >= 0.3 is 6.03 Å². The highest BCUT2D eigenvalue weighted by Crippen LogP contribution is 2.23. The van der Waals surface area contributed by atoms with Crippen molar-refractivity contribution < 1.29 is 9.53 Å². The van der Waals surface area contributed by atoms with E-state index in [9.17, 15) is 4.79 Å². The highest BCUT2D eigenvalue weighted by molar-refractivity contribution is 6.30. The smallest absolute Gasteiger partial charge is 0.317 e. The highest BCUT2D eigenvalue weighted by atomic mass is 35.5. The third-order valence-corrected chi connectivity index (χ3v) is 4.28. The lowest BCUT2D eigenvalue weighted by molar-refractivity contribution is -0.0155. The topological polar surface area (TPSA) is 72.3 Å². The van der Waals surface area contributed by atoms with E-state index in [4.69, 9.17) is 16.3 Å². The number of aromatic nitrogens is 3. The average Bonchev–Trinajstić information content (AvgIpc) is 3.08. The Kier molecular flexibility index (Phi) is 5.32. The van der Waals surface area contributed by atoms with Crippen LogP contribution in [0.2, 0.25) is 5.02 Å². The minimum atomic E-state index is -0.138. The number of rotatable bonds is 4. The quantitative estimate of drug-likeness (QED) is 0.918. The summed E-state index contributed by atoms with van der Waals surface area (Å²) in [5.74, 6) is 0.744. The Hall–Kier alpha value is -2.12. The lowest BCUT2D eigenvalue weighted by Gasteiger charge is -2.33. The van der Waals surface area contributed by atoms with Crippen LogP contribution in [0.3, 0.4) is 0 Å². The minimum Gasteiger partial charge on any atom is -0.370 e. The van der Waals surface area contributed by atoms with Crippen molar-refractivity contribution in [2.45, 2.75) is 26.1 Å². The number of morpholine rings is 1. The normalized spacial score (nSPS) is 17.8. The lowest BCUT2D eigenvalue weighted by Crippen LogP contribution is -2.47. The van der Waals surface area contributed by atoms with E-state index in [1.54, 1.807) is 11.2 Å². The Balaban J connectivity index is 1.57. The number of hydrogen-bond acceptors (Lipinski definition) is 4. The van der Waals surface area contributed by atoms with Crippen LogP contribution < -0.4 is 5.32 Å². The molecule has 1 atom stereocenters. The van der Waals surface area contributed by atoms with Crippen LogP contribution in [0.15, 0.2) is 30.6 Å². The molecular weight excluding hydrogens is 330 g/mol. The van der Waals surface area contributed by atoms with E-state index in [1.165, 1.54) is 0 Å². The molecule has 24 heavy (non-hydrogen) atoms. The molecule has 1 aromatic carbocycles. The molecule has 0 aliphatic carbocycles. The molecule has 1 N–H and O–H groups in total. The maximum absolute atomic E-state index is 12.4. The van der Waals surface area contributed by atoms with Crippen molar-refractivity contribution in [3.63, 3.8) is 0 Å². The molecule has 1 saturated heterocycles. The van der Waals surface area contributed by atoms with Gasteiger partial charge in [0.1, 0.15) is 12.4 Å². The fraction of sp³-hybridized carbons (Fsp3) is 0.438. The summed E-state index contributed by atoms with van der Waals surface area (Å²) in [6.07, 6.45) is 1.52. The summed E-state index contributed by atoms with van der Waals surface area (Å²) in [5.41, 5.74) is 1.02. The van der Waals surface area contributed by atoms with Gasteiger partial charge in [-0.05, 0) is 24.6 Å². The molecule has 2 heterocycles. The SMILES string of the molecule is CCn1cnnc1CNC(=O)N1CCO[C@@H](c2ccc(Cl)cc2)C1. The van der Waals surface area contributed by atoms with Gasteiger partial charge < -0.3 is 19.5 Å². The molecule has 0 bridgehead atoms. The predicted octanol–water partition coefficient (Wildman–Crippen LogP) is 2.23. The number of ether oxygens (including phenoxy) is 1. The lowest BCUT2D eigenvalue weighted by atomic mass is 10.1. The second-order valence-corrected chi connectivity index (χ2v) is 5.99. The third kappa shape index (κ3) is 3.85. The minimum absolute atomic E-state index is 0.122. The summed E-state index contributed by atoms with van der Waals surface area (Å²) < 4.78 is 7.68. The number of benzene rings is 1. The number of amides is 2. The molecule has 2 amide bonds. The van der Waals surface area contributed by atoms with Crippen molar-refractivity contribution in [2.75, 3.05) is 19.7 Å². The van der Waals surface area contributed by atoms with Crippen molar-refractivity contribution in [3.05, 3.63) is 47.0 Å². The Labute approximate surface area is 145 Å². The van der Waals surface area contributed by atoms with Gasteiger partial charge in [-0.3, -0.25) is 0 Å². The first-order chi connectivity index (χ1) is 11.7. The Morgan fingerprint density at radius 1 is 1.42 bits per heavy atom. The zero-order chi connectivity index (χ0) is 16.9. The summed E-state index contributed by atoms with van der Waals surface area (Å²) in [6, 6.07) is 7.40. The van der Waals surface area contributed by atoms with Crippen LogP contribution in [-0.4, -0.2) is 45.4 Å². The molecule has 1 aliphatic heterocycles. The molecule has 128 valence electrons. The molecule has 1 aliphatic rings. The second kappa shape index (κ2) is 7.63. The molecule has 3 rings (SSSR count). The number of aryl methyl sites for hydroxylation is 1. The monoisotopic (exact) mass is 349 g/mol. The van der Waals surface area contributed by atoms with Crippen molar-refractivity contribution >= 4 is 17.6 Å². The van der Waals surface area contributed by atoms with E-state index in [-0.39, 0.29) is 12.1 Å². The van der Waals surface area contributed by atoms with Crippen LogP contribution in [0.5, 0.6) is 0 Å². The van der Waals surface area contributed by atoms with Gasteiger partial charge in [0.05, 0.1) is 19.7 Å². The molecule has 1 fully saturated rings. The first-order valence-electron chi connectivity index (χ1n) is 7.94. The van der Waals surface area contributed by atoms with Gasteiger partial charge in [-0.1, -0.05) is 23.7 Å². The number of urea groups is 1. The van der Waals surface area contributed by atoms with Gasteiger partial charge in [-0.25, -0.2) is 4.79 Å². The van der Waals surface area contributed by atoms with Crippen LogP contribution in [0, 0.1) is 0 Å². The molecular formula is C16H20ClN5O2. The maximum Gasteiger partial charge on any atom is 0.317 e. The average molecular weight is 350 g/mol. The van der Waals surface area contributed by atoms with Crippen LogP contribution in [-0.2, 0) is 17.8 Å². The van der Waals surface area contributed by atoms with Gasteiger partial charge in [-0.15, -0.1) is 10.2 Å². The zero-order valence-corrected chi connectivity index (χ0v) is 14.2. The van der Waals surface area contributed by atoms with Gasteiger partial charge in [0.2, 0.25) is 0 Å². The van der Waals surface area contributed by atoms with Crippen molar-refractivity contribution in [3.8, 4) is 0 Å². The van der Waals surface area contributed by atoms with Crippen LogP contribution in [0.25, 0.3) is 0 Å². The molecule has 0 radical (unpaired) electrons. The van der Waals surface area contributed by atoms with Gasteiger partial charge in [-0.2, -0.15) is 0 Å². The highest BCUT2D eigenvalue weighted by Gasteiger charge is 2.25. The molecule has 8 heteroatoms. The van der Waals surface area contributed by atoms with Crippen molar-refractivity contribution in [2.24, 2.45) is 0 Å². The summed E-state index contributed by atoms with van der Waals surface area (Å²) in [4.78, 5) is 14.2. The van der Waals surface area contributed by atoms with E-state index >= 15 is 0 Å². The van der Waals surface area contributed by atoms with E-state index in [0.29, 0.717) is 31.3 Å². The maximum atomic E-state index is 12.4. The predicted molar refractivity (Wildman–Crippen MR) is 89.6 cm³/mol. The second-order valence-electron chi connectivity index (χ2n) is 5.55. The van der Waals surface area contributed by atoms with Crippen LogP contribution in [0.4, 0.5) is 4.79 Å². The summed E-state index contributed by atoms with van der Waals surface area (Å²) >= 11 is 5.92. The largest absolute Gasteiger partial charge is 0.370 e. The molecule has 0 spiro atoms. The number of hydrogen-bond donors (Lipinski definition) is 1. The number of nitrogens with one attached hydrogen (secondary N) is 1. The van der Waals surface area contributed by atoms with E-state index in [0.717, 1.165) is 17.9 Å². The standard InChI is InChI=1S/C16H20ClN5O2/c1-2-21-11-19-20-15(21)9-18-16(23)22-7-8-24-14(10-22)12-3-5-13(17)6-4-12/h3-6,11,14H,2,7-10H2,1H3,(H,18,23)/t14-/m1/s1. The van der Waals surface area contributed by atoms with Gasteiger partial charge in [0.15, 0.2) is 5.82 Å². The molecule has 1 aromatic heterocycles. The molecule has 7 nitrogen and oxygen atoms in total. The Morgan fingerprint density at radius 2 is 2.21 bits per heavy atom. The van der Waals surface area contributed by atoms with Gasteiger partial charge in [0.25, 0.3) is 0 Å².